The number of aliphatic hydroxyl groups is 1. The summed E-state index contributed by atoms with van der Waals surface area (Å²) in [7, 11) is 0. The molecule has 0 spiro atoms. The Kier molecular flexibility index (Phi) is 6.13. The number of unbranched alkanes of at least 4 members (excludes halogenated alkanes) is 2. The highest BCUT2D eigenvalue weighted by Gasteiger charge is 2.17. The SMILES string of the molecule is CCCCCN(c1ncccc1[C@@H](C)O)C(C)C. The van der Waals surface area contributed by atoms with Gasteiger partial charge in [-0.3, -0.25) is 0 Å². The smallest absolute Gasteiger partial charge is 0.134 e. The molecule has 3 heteroatoms. The van der Waals surface area contributed by atoms with Crippen LogP contribution in [0.4, 0.5) is 5.82 Å². The monoisotopic (exact) mass is 250 g/mol. The Morgan fingerprint density at radius 1 is 1.28 bits per heavy atom. The lowest BCUT2D eigenvalue weighted by Crippen LogP contribution is -2.33. The Morgan fingerprint density at radius 3 is 2.56 bits per heavy atom. The van der Waals surface area contributed by atoms with Crippen molar-refractivity contribution in [3.05, 3.63) is 23.9 Å². The molecule has 0 aliphatic carbocycles. The van der Waals surface area contributed by atoms with E-state index in [4.69, 9.17) is 0 Å². The molecule has 0 amide bonds. The van der Waals surface area contributed by atoms with E-state index in [0.717, 1.165) is 17.9 Å². The summed E-state index contributed by atoms with van der Waals surface area (Å²) in [6.45, 7) is 9.36. The van der Waals surface area contributed by atoms with Gasteiger partial charge < -0.3 is 10.0 Å². The fourth-order valence-corrected chi connectivity index (χ4v) is 2.12. The molecule has 102 valence electrons. The molecule has 1 N–H and O–H groups in total. The minimum atomic E-state index is -0.471. The van der Waals surface area contributed by atoms with Crippen molar-refractivity contribution < 1.29 is 5.11 Å². The number of anilines is 1. The summed E-state index contributed by atoms with van der Waals surface area (Å²) >= 11 is 0. The molecule has 0 unspecified atom stereocenters. The first-order chi connectivity index (χ1) is 8.57. The van der Waals surface area contributed by atoms with Crippen LogP contribution >= 0.6 is 0 Å². The maximum absolute atomic E-state index is 9.84. The first-order valence-corrected chi connectivity index (χ1v) is 6.97. The minimum Gasteiger partial charge on any atom is -0.389 e. The van der Waals surface area contributed by atoms with Crippen molar-refractivity contribution in [2.45, 2.75) is 59.1 Å². The van der Waals surface area contributed by atoms with E-state index in [1.54, 1.807) is 13.1 Å². The van der Waals surface area contributed by atoms with Crippen molar-refractivity contribution in [2.24, 2.45) is 0 Å². The van der Waals surface area contributed by atoms with Crippen LogP contribution in [0.5, 0.6) is 0 Å². The van der Waals surface area contributed by atoms with Crippen molar-refractivity contribution in [1.82, 2.24) is 4.98 Å². The van der Waals surface area contributed by atoms with Gasteiger partial charge in [-0.2, -0.15) is 0 Å². The topological polar surface area (TPSA) is 36.4 Å². The molecule has 0 aromatic carbocycles. The summed E-state index contributed by atoms with van der Waals surface area (Å²) in [6.07, 6.45) is 4.96. The van der Waals surface area contributed by atoms with Gasteiger partial charge in [-0.15, -0.1) is 0 Å². The second kappa shape index (κ2) is 7.37. The van der Waals surface area contributed by atoms with Crippen LogP contribution in [-0.4, -0.2) is 22.7 Å². The molecule has 0 aliphatic rings. The third-order valence-corrected chi connectivity index (χ3v) is 3.16. The number of hydrogen-bond acceptors (Lipinski definition) is 3. The zero-order chi connectivity index (χ0) is 13.5. The van der Waals surface area contributed by atoms with E-state index in [9.17, 15) is 5.11 Å². The third kappa shape index (κ3) is 3.98. The second-order valence-electron chi connectivity index (χ2n) is 5.09. The molecule has 1 rings (SSSR count). The van der Waals surface area contributed by atoms with Gasteiger partial charge >= 0.3 is 0 Å². The number of pyridine rings is 1. The van der Waals surface area contributed by atoms with E-state index < -0.39 is 6.10 Å². The van der Waals surface area contributed by atoms with Gasteiger partial charge in [0.05, 0.1) is 6.10 Å². The fourth-order valence-electron chi connectivity index (χ4n) is 2.12. The molecular formula is C15H26N2O. The molecule has 0 fully saturated rings. The predicted molar refractivity (Wildman–Crippen MR) is 76.9 cm³/mol. The summed E-state index contributed by atoms with van der Waals surface area (Å²) in [4.78, 5) is 6.76. The van der Waals surface area contributed by atoms with Gasteiger partial charge in [0, 0.05) is 24.3 Å². The lowest BCUT2D eigenvalue weighted by atomic mass is 10.1. The summed E-state index contributed by atoms with van der Waals surface area (Å²) in [5.74, 6) is 0.929. The average Bonchev–Trinajstić information content (AvgIpc) is 2.34. The Labute approximate surface area is 111 Å². The molecular weight excluding hydrogens is 224 g/mol. The summed E-state index contributed by atoms with van der Waals surface area (Å²) in [5.41, 5.74) is 0.919. The summed E-state index contributed by atoms with van der Waals surface area (Å²) in [6, 6.07) is 4.24. The lowest BCUT2D eigenvalue weighted by Gasteiger charge is -2.30. The second-order valence-corrected chi connectivity index (χ2v) is 5.09. The third-order valence-electron chi connectivity index (χ3n) is 3.16. The van der Waals surface area contributed by atoms with E-state index >= 15 is 0 Å². The summed E-state index contributed by atoms with van der Waals surface area (Å²) in [5, 5.41) is 9.84. The highest BCUT2D eigenvalue weighted by Crippen LogP contribution is 2.25. The Balaban J connectivity index is 2.91. The van der Waals surface area contributed by atoms with E-state index in [1.807, 2.05) is 12.1 Å². The highest BCUT2D eigenvalue weighted by atomic mass is 16.3. The van der Waals surface area contributed by atoms with Gasteiger partial charge in [-0.05, 0) is 33.3 Å². The molecule has 1 heterocycles. The molecule has 1 atom stereocenters. The number of aliphatic hydroxyl groups excluding tert-OH is 1. The van der Waals surface area contributed by atoms with E-state index in [2.05, 4.69) is 30.7 Å². The zero-order valence-corrected chi connectivity index (χ0v) is 12.1. The van der Waals surface area contributed by atoms with Crippen molar-refractivity contribution in [3.8, 4) is 0 Å². The average molecular weight is 250 g/mol. The van der Waals surface area contributed by atoms with Crippen LogP contribution in [0.1, 0.15) is 58.6 Å². The standard InChI is InChI=1S/C15H26N2O/c1-5-6-7-11-17(12(2)3)15-14(13(4)18)9-8-10-16-15/h8-10,12-13,18H,5-7,11H2,1-4H3/t13-/m1/s1. The first-order valence-electron chi connectivity index (χ1n) is 6.97. The molecule has 3 nitrogen and oxygen atoms in total. The van der Waals surface area contributed by atoms with Gasteiger partial charge in [0.15, 0.2) is 0 Å². The van der Waals surface area contributed by atoms with Gasteiger partial charge in [-0.25, -0.2) is 4.98 Å². The van der Waals surface area contributed by atoms with E-state index in [1.165, 1.54) is 19.3 Å². The van der Waals surface area contributed by atoms with Crippen molar-refractivity contribution >= 4 is 5.82 Å². The molecule has 0 saturated carbocycles. The van der Waals surface area contributed by atoms with Gasteiger partial charge in [-0.1, -0.05) is 25.8 Å². The van der Waals surface area contributed by atoms with Crippen molar-refractivity contribution in [1.29, 1.82) is 0 Å². The Morgan fingerprint density at radius 2 is 2.00 bits per heavy atom. The highest BCUT2D eigenvalue weighted by molar-refractivity contribution is 5.48. The van der Waals surface area contributed by atoms with E-state index in [-0.39, 0.29) is 0 Å². The molecule has 1 aromatic heterocycles. The van der Waals surface area contributed by atoms with Crippen LogP contribution in [0.2, 0.25) is 0 Å². The van der Waals surface area contributed by atoms with Crippen molar-refractivity contribution in [3.63, 3.8) is 0 Å². The molecule has 18 heavy (non-hydrogen) atoms. The normalized spacial score (nSPS) is 12.8. The minimum absolute atomic E-state index is 0.397. The number of hydrogen-bond donors (Lipinski definition) is 1. The molecule has 0 saturated heterocycles. The van der Waals surface area contributed by atoms with Crippen LogP contribution in [0.3, 0.4) is 0 Å². The van der Waals surface area contributed by atoms with Gasteiger partial charge in [0.1, 0.15) is 5.82 Å². The largest absolute Gasteiger partial charge is 0.389 e. The van der Waals surface area contributed by atoms with Gasteiger partial charge in [0.25, 0.3) is 0 Å². The molecule has 0 radical (unpaired) electrons. The van der Waals surface area contributed by atoms with Crippen LogP contribution < -0.4 is 4.90 Å². The first kappa shape index (κ1) is 15.0. The van der Waals surface area contributed by atoms with Crippen LogP contribution in [-0.2, 0) is 0 Å². The number of aromatic nitrogens is 1. The molecule has 0 bridgehead atoms. The molecule has 1 aromatic rings. The summed E-state index contributed by atoms with van der Waals surface area (Å²) < 4.78 is 0. The molecule has 0 aliphatic heterocycles. The van der Waals surface area contributed by atoms with Crippen LogP contribution in [0.15, 0.2) is 18.3 Å². The van der Waals surface area contributed by atoms with Crippen LogP contribution in [0.25, 0.3) is 0 Å². The maximum atomic E-state index is 9.84. The Hall–Kier alpha value is -1.09. The number of rotatable bonds is 7. The quantitative estimate of drug-likeness (QED) is 0.752. The predicted octanol–water partition coefficient (Wildman–Crippen LogP) is 3.54. The lowest BCUT2D eigenvalue weighted by molar-refractivity contribution is 0.199. The van der Waals surface area contributed by atoms with E-state index in [0.29, 0.717) is 6.04 Å². The number of nitrogens with zero attached hydrogens (tertiary/aromatic N) is 2. The zero-order valence-electron chi connectivity index (χ0n) is 12.1. The van der Waals surface area contributed by atoms with Gasteiger partial charge in [0.2, 0.25) is 0 Å². The van der Waals surface area contributed by atoms with Crippen molar-refractivity contribution in [2.75, 3.05) is 11.4 Å². The fraction of sp³-hybridized carbons (Fsp3) is 0.667. The van der Waals surface area contributed by atoms with Crippen LogP contribution in [0, 0.1) is 0 Å². The maximum Gasteiger partial charge on any atom is 0.134 e. The Bertz CT molecular complexity index is 350.